The first kappa shape index (κ1) is 19.6. The van der Waals surface area contributed by atoms with Crippen LogP contribution in [0.4, 0.5) is 0 Å². The molecule has 0 spiro atoms. The maximum atomic E-state index is 12.9. The summed E-state index contributed by atoms with van der Waals surface area (Å²) >= 11 is 0. The maximum absolute atomic E-state index is 12.9. The molecule has 27 heavy (non-hydrogen) atoms. The molecule has 0 aliphatic heterocycles. The number of carbonyl (C=O) groups excluding carboxylic acids is 1. The van der Waals surface area contributed by atoms with Crippen molar-refractivity contribution in [3.63, 3.8) is 0 Å². The third-order valence-electron chi connectivity index (χ3n) is 5.62. The van der Waals surface area contributed by atoms with E-state index in [4.69, 9.17) is 0 Å². The van der Waals surface area contributed by atoms with Gasteiger partial charge in [-0.25, -0.2) is 0 Å². The van der Waals surface area contributed by atoms with E-state index < -0.39 is 6.29 Å². The Morgan fingerprint density at radius 2 is 1.52 bits per heavy atom. The van der Waals surface area contributed by atoms with Gasteiger partial charge in [0.15, 0.2) is 6.29 Å². The van der Waals surface area contributed by atoms with Crippen molar-refractivity contribution >= 4 is 5.91 Å². The van der Waals surface area contributed by atoms with Gasteiger partial charge >= 0.3 is 0 Å². The summed E-state index contributed by atoms with van der Waals surface area (Å²) in [6.45, 7) is 4.33. The van der Waals surface area contributed by atoms with Crippen LogP contribution in [0.25, 0.3) is 0 Å². The lowest BCUT2D eigenvalue weighted by molar-refractivity contribution is -0.126. The second kappa shape index (κ2) is 8.68. The Morgan fingerprint density at radius 1 is 0.926 bits per heavy atom. The Labute approximate surface area is 161 Å². The molecule has 4 heteroatoms. The van der Waals surface area contributed by atoms with E-state index in [0.29, 0.717) is 25.2 Å². The molecule has 1 aliphatic carbocycles. The molecule has 2 aromatic rings. The zero-order chi connectivity index (χ0) is 19.4. The number of amides is 1. The Balaban J connectivity index is 1.80. The minimum absolute atomic E-state index is 0.0139. The Bertz CT molecular complexity index is 740. The predicted octanol–water partition coefficient (Wildman–Crippen LogP) is 3.74. The van der Waals surface area contributed by atoms with Crippen LogP contribution < -0.4 is 5.32 Å². The molecule has 3 N–H and O–H groups in total. The van der Waals surface area contributed by atoms with Crippen LogP contribution in [0.1, 0.15) is 61.8 Å². The molecule has 3 atom stereocenters. The molecule has 0 aromatic heterocycles. The fourth-order valence-electron chi connectivity index (χ4n) is 3.86. The Morgan fingerprint density at radius 3 is 2.07 bits per heavy atom. The maximum Gasteiger partial charge on any atom is 0.223 e. The number of nitrogens with one attached hydrogen (secondary N) is 1. The molecule has 4 nitrogen and oxygen atoms in total. The largest absolute Gasteiger partial charge is 0.368 e. The molecule has 1 saturated carbocycles. The first-order valence-electron chi connectivity index (χ1n) is 9.77. The van der Waals surface area contributed by atoms with Crippen LogP contribution in [0.3, 0.4) is 0 Å². The van der Waals surface area contributed by atoms with Gasteiger partial charge in [-0.1, -0.05) is 68.4 Å². The fraction of sp³-hybridized carbons (Fsp3) is 0.435. The van der Waals surface area contributed by atoms with Crippen LogP contribution >= 0.6 is 0 Å². The minimum Gasteiger partial charge on any atom is -0.368 e. The number of rotatable bonds is 6. The normalized spacial score (nSPS) is 20.8. The van der Waals surface area contributed by atoms with Crippen LogP contribution in [-0.2, 0) is 4.79 Å². The molecule has 0 radical (unpaired) electrons. The van der Waals surface area contributed by atoms with E-state index in [2.05, 4.69) is 43.4 Å². The van der Waals surface area contributed by atoms with Crippen molar-refractivity contribution in [2.75, 3.05) is 0 Å². The third kappa shape index (κ3) is 4.76. The van der Waals surface area contributed by atoms with Gasteiger partial charge in [-0.3, -0.25) is 4.79 Å². The highest BCUT2D eigenvalue weighted by atomic mass is 16.5. The van der Waals surface area contributed by atoms with E-state index in [0.717, 1.165) is 11.1 Å². The van der Waals surface area contributed by atoms with Gasteiger partial charge in [-0.05, 0) is 41.9 Å². The molecule has 144 valence electrons. The summed E-state index contributed by atoms with van der Waals surface area (Å²) in [5, 5.41) is 22.0. The average Bonchev–Trinajstić information content (AvgIpc) is 3.17. The van der Waals surface area contributed by atoms with Gasteiger partial charge in [-0.2, -0.15) is 0 Å². The summed E-state index contributed by atoms with van der Waals surface area (Å²) in [6, 6.07) is 18.2. The van der Waals surface area contributed by atoms with Gasteiger partial charge in [-0.15, -0.1) is 0 Å². The molecule has 3 rings (SSSR count). The quantitative estimate of drug-likeness (QED) is 0.681. The number of aliphatic hydroxyl groups is 2. The van der Waals surface area contributed by atoms with Crippen molar-refractivity contribution in [1.29, 1.82) is 0 Å². The van der Waals surface area contributed by atoms with Crippen molar-refractivity contribution in [2.24, 2.45) is 11.8 Å². The molecule has 2 unspecified atom stereocenters. The van der Waals surface area contributed by atoms with Crippen LogP contribution in [-0.4, -0.2) is 22.4 Å². The molecular weight excluding hydrogens is 338 g/mol. The first-order valence-corrected chi connectivity index (χ1v) is 9.77. The Kier molecular flexibility index (Phi) is 6.30. The van der Waals surface area contributed by atoms with Crippen LogP contribution in [0.5, 0.6) is 0 Å². The summed E-state index contributed by atoms with van der Waals surface area (Å²) in [5.41, 5.74) is 3.36. The topological polar surface area (TPSA) is 69.6 Å². The van der Waals surface area contributed by atoms with Crippen molar-refractivity contribution in [2.45, 2.75) is 51.4 Å². The van der Waals surface area contributed by atoms with E-state index >= 15 is 0 Å². The summed E-state index contributed by atoms with van der Waals surface area (Å²) in [6.07, 6.45) is 0.560. The van der Waals surface area contributed by atoms with Gasteiger partial charge in [0.2, 0.25) is 5.91 Å². The zero-order valence-corrected chi connectivity index (χ0v) is 16.0. The van der Waals surface area contributed by atoms with E-state index in [-0.39, 0.29) is 23.8 Å². The third-order valence-corrected chi connectivity index (χ3v) is 5.62. The fourth-order valence-corrected chi connectivity index (χ4v) is 3.86. The highest BCUT2D eigenvalue weighted by Gasteiger charge is 2.34. The molecule has 0 bridgehead atoms. The van der Waals surface area contributed by atoms with Gasteiger partial charge in [0, 0.05) is 11.8 Å². The lowest BCUT2D eigenvalue weighted by Gasteiger charge is -2.23. The van der Waals surface area contributed by atoms with Crippen LogP contribution in [0, 0.1) is 11.8 Å². The molecule has 0 heterocycles. The van der Waals surface area contributed by atoms with Crippen LogP contribution in [0.15, 0.2) is 54.6 Å². The van der Waals surface area contributed by atoms with Crippen molar-refractivity contribution in [3.8, 4) is 0 Å². The van der Waals surface area contributed by atoms with Crippen molar-refractivity contribution in [3.05, 3.63) is 71.3 Å². The van der Waals surface area contributed by atoms with Gasteiger partial charge in [0.25, 0.3) is 0 Å². The summed E-state index contributed by atoms with van der Waals surface area (Å²) in [7, 11) is 0. The summed E-state index contributed by atoms with van der Waals surface area (Å²) in [5.74, 6) is 0.0725. The number of carbonyl (C=O) groups is 1. The number of hydrogen-bond acceptors (Lipinski definition) is 3. The van der Waals surface area contributed by atoms with Crippen molar-refractivity contribution in [1.82, 2.24) is 5.32 Å². The average molecular weight is 367 g/mol. The second-order valence-electron chi connectivity index (χ2n) is 7.86. The van der Waals surface area contributed by atoms with E-state index in [9.17, 15) is 15.0 Å². The van der Waals surface area contributed by atoms with E-state index in [1.54, 1.807) is 0 Å². The lowest BCUT2D eigenvalue weighted by Crippen LogP contribution is -2.34. The highest BCUT2D eigenvalue weighted by Crippen LogP contribution is 2.34. The van der Waals surface area contributed by atoms with Gasteiger partial charge in [0.1, 0.15) is 0 Å². The highest BCUT2D eigenvalue weighted by molar-refractivity contribution is 5.80. The van der Waals surface area contributed by atoms with E-state index in [1.165, 1.54) is 5.56 Å². The smallest absolute Gasteiger partial charge is 0.223 e. The monoisotopic (exact) mass is 367 g/mol. The minimum atomic E-state index is -1.34. The number of hydrogen-bond donors (Lipinski definition) is 3. The SMILES string of the molecule is CC(C)c1ccc([C@@H](NC(=O)C2CCC(C(O)O)C2)c2ccccc2)cc1. The lowest BCUT2D eigenvalue weighted by atomic mass is 9.94. The zero-order valence-electron chi connectivity index (χ0n) is 16.0. The summed E-state index contributed by atoms with van der Waals surface area (Å²) < 4.78 is 0. The molecule has 1 aliphatic rings. The van der Waals surface area contributed by atoms with Crippen molar-refractivity contribution < 1.29 is 15.0 Å². The first-order chi connectivity index (χ1) is 13.0. The second-order valence-corrected chi connectivity index (χ2v) is 7.86. The van der Waals surface area contributed by atoms with Crippen LogP contribution in [0.2, 0.25) is 0 Å². The number of aliphatic hydroxyl groups excluding tert-OH is 1. The molecule has 2 aromatic carbocycles. The molecular formula is C23H29NO3. The molecule has 1 amide bonds. The predicted molar refractivity (Wildman–Crippen MR) is 106 cm³/mol. The summed E-state index contributed by atoms with van der Waals surface area (Å²) in [4.78, 5) is 12.9. The van der Waals surface area contributed by atoms with E-state index in [1.807, 2.05) is 30.3 Å². The molecule has 0 saturated heterocycles. The Hall–Kier alpha value is -2.17. The molecule has 1 fully saturated rings. The van der Waals surface area contributed by atoms with Gasteiger partial charge < -0.3 is 15.5 Å². The standard InChI is InChI=1S/C23H29NO3/c1-15(2)16-8-10-18(11-9-16)21(17-6-4-3-5-7-17)24-22(25)19-12-13-20(14-19)23(26)27/h3-11,15,19-21,23,26-27H,12-14H2,1-2H3,(H,24,25)/t19?,20?,21-/m0/s1. The van der Waals surface area contributed by atoms with Gasteiger partial charge in [0.05, 0.1) is 6.04 Å². The number of benzene rings is 2.